The van der Waals surface area contributed by atoms with Crippen LogP contribution < -0.4 is 20.9 Å². The Labute approximate surface area is 151 Å². The second-order valence-corrected chi connectivity index (χ2v) is 5.89. The van der Waals surface area contributed by atoms with Gasteiger partial charge in [-0.1, -0.05) is 29.3 Å². The number of thiocarbonyl (C=S) groups is 1. The van der Waals surface area contributed by atoms with Crippen LogP contribution in [-0.4, -0.2) is 17.6 Å². The van der Waals surface area contributed by atoms with Gasteiger partial charge in [0.25, 0.3) is 0 Å². The fourth-order valence-corrected chi connectivity index (χ4v) is 2.08. The highest BCUT2D eigenvalue weighted by Gasteiger charge is 2.03. The fourth-order valence-electron chi connectivity index (χ4n) is 1.78. The standard InChI is InChI=1S/C17H18ClN3O2S/c1-12-2-8-15(9-3-12)23-11-10-16(22)20-21-17(24)19-14-6-4-13(18)5-7-14/h2-9H,10-11H2,1H3,(H,20,22)(H2,19,21,24). The third-order valence-corrected chi connectivity index (χ3v) is 3.49. The van der Waals surface area contributed by atoms with Crippen molar-refractivity contribution in [2.45, 2.75) is 13.3 Å². The van der Waals surface area contributed by atoms with Crippen molar-refractivity contribution in [3.8, 4) is 5.75 Å². The SMILES string of the molecule is Cc1ccc(OCCC(=O)NNC(=S)Nc2ccc(Cl)cc2)cc1. The number of benzene rings is 2. The second kappa shape index (κ2) is 9.10. The number of carbonyl (C=O) groups is 1. The molecule has 1 amide bonds. The summed E-state index contributed by atoms with van der Waals surface area (Å²) < 4.78 is 5.50. The number of halogens is 1. The average Bonchev–Trinajstić information content (AvgIpc) is 2.57. The maximum atomic E-state index is 11.7. The van der Waals surface area contributed by atoms with Gasteiger partial charge in [0.05, 0.1) is 13.0 Å². The topological polar surface area (TPSA) is 62.4 Å². The molecule has 0 bridgehead atoms. The molecule has 0 heterocycles. The van der Waals surface area contributed by atoms with E-state index in [1.807, 2.05) is 31.2 Å². The van der Waals surface area contributed by atoms with Crippen LogP contribution in [0.5, 0.6) is 5.75 Å². The van der Waals surface area contributed by atoms with E-state index in [4.69, 9.17) is 28.6 Å². The van der Waals surface area contributed by atoms with Crippen LogP contribution in [0.25, 0.3) is 0 Å². The van der Waals surface area contributed by atoms with Gasteiger partial charge in [0.15, 0.2) is 5.11 Å². The van der Waals surface area contributed by atoms with E-state index < -0.39 is 0 Å². The van der Waals surface area contributed by atoms with Gasteiger partial charge >= 0.3 is 0 Å². The van der Waals surface area contributed by atoms with Crippen molar-refractivity contribution in [3.05, 3.63) is 59.1 Å². The van der Waals surface area contributed by atoms with Crippen molar-refractivity contribution in [2.24, 2.45) is 0 Å². The number of rotatable bonds is 5. The van der Waals surface area contributed by atoms with Crippen LogP contribution in [0.1, 0.15) is 12.0 Å². The maximum Gasteiger partial charge on any atom is 0.241 e. The van der Waals surface area contributed by atoms with Gasteiger partial charge in [-0.15, -0.1) is 0 Å². The summed E-state index contributed by atoms with van der Waals surface area (Å²) >= 11 is 10.9. The van der Waals surface area contributed by atoms with E-state index in [1.54, 1.807) is 24.3 Å². The summed E-state index contributed by atoms with van der Waals surface area (Å²) in [7, 11) is 0. The van der Waals surface area contributed by atoms with Crippen molar-refractivity contribution in [3.63, 3.8) is 0 Å². The molecule has 7 heteroatoms. The van der Waals surface area contributed by atoms with E-state index in [9.17, 15) is 4.79 Å². The summed E-state index contributed by atoms with van der Waals surface area (Å²) in [6, 6.07) is 14.7. The lowest BCUT2D eigenvalue weighted by Gasteiger charge is -2.12. The Morgan fingerprint density at radius 2 is 1.75 bits per heavy atom. The minimum Gasteiger partial charge on any atom is -0.493 e. The Kier molecular flexibility index (Phi) is 6.84. The minimum absolute atomic E-state index is 0.213. The predicted octanol–water partition coefficient (Wildman–Crippen LogP) is 3.44. The van der Waals surface area contributed by atoms with Gasteiger partial charge in [-0.25, -0.2) is 0 Å². The average molecular weight is 364 g/mol. The first kappa shape index (κ1) is 18.0. The van der Waals surface area contributed by atoms with Gasteiger partial charge < -0.3 is 10.1 Å². The van der Waals surface area contributed by atoms with Crippen molar-refractivity contribution in [1.82, 2.24) is 10.9 Å². The quantitative estimate of drug-likeness (QED) is 0.561. The monoisotopic (exact) mass is 363 g/mol. The molecule has 0 spiro atoms. The molecule has 0 saturated heterocycles. The Morgan fingerprint density at radius 1 is 1.08 bits per heavy atom. The molecule has 0 saturated carbocycles. The van der Waals surface area contributed by atoms with Gasteiger partial charge in [0.2, 0.25) is 5.91 Å². The lowest BCUT2D eigenvalue weighted by molar-refractivity contribution is -0.122. The lowest BCUT2D eigenvalue weighted by atomic mass is 10.2. The summed E-state index contributed by atoms with van der Waals surface area (Å²) in [5, 5.41) is 3.85. The molecule has 0 aliphatic heterocycles. The summed E-state index contributed by atoms with van der Waals surface area (Å²) in [5.74, 6) is 0.517. The number of hydrogen-bond acceptors (Lipinski definition) is 3. The third kappa shape index (κ3) is 6.44. The highest BCUT2D eigenvalue weighted by molar-refractivity contribution is 7.80. The number of amides is 1. The van der Waals surface area contributed by atoms with E-state index in [2.05, 4.69) is 16.2 Å². The maximum absolute atomic E-state index is 11.7. The molecular formula is C17H18ClN3O2S. The normalized spacial score (nSPS) is 9.92. The van der Waals surface area contributed by atoms with E-state index >= 15 is 0 Å². The molecule has 2 aromatic rings. The number of anilines is 1. The highest BCUT2D eigenvalue weighted by Crippen LogP contribution is 2.13. The van der Waals surface area contributed by atoms with Gasteiger partial charge in [-0.05, 0) is 55.5 Å². The summed E-state index contributed by atoms with van der Waals surface area (Å²) in [4.78, 5) is 11.7. The number of nitrogens with one attached hydrogen (secondary N) is 3. The number of carbonyl (C=O) groups excluding carboxylic acids is 1. The molecule has 0 aromatic heterocycles. The summed E-state index contributed by atoms with van der Waals surface area (Å²) in [6.45, 7) is 2.29. The second-order valence-electron chi connectivity index (χ2n) is 5.05. The predicted molar refractivity (Wildman–Crippen MR) is 100 cm³/mol. The summed E-state index contributed by atoms with van der Waals surface area (Å²) in [6.07, 6.45) is 0.213. The molecule has 0 radical (unpaired) electrons. The largest absolute Gasteiger partial charge is 0.493 e. The molecule has 0 aliphatic rings. The Bertz CT molecular complexity index is 690. The zero-order valence-electron chi connectivity index (χ0n) is 13.1. The van der Waals surface area contributed by atoms with Crippen LogP contribution in [0, 0.1) is 6.92 Å². The highest BCUT2D eigenvalue weighted by atomic mass is 35.5. The van der Waals surface area contributed by atoms with Crippen molar-refractivity contribution in [2.75, 3.05) is 11.9 Å². The molecule has 0 fully saturated rings. The first-order chi connectivity index (χ1) is 11.5. The van der Waals surface area contributed by atoms with E-state index in [-0.39, 0.29) is 24.0 Å². The fraction of sp³-hybridized carbons (Fsp3) is 0.176. The van der Waals surface area contributed by atoms with Gasteiger partial charge in [-0.3, -0.25) is 15.6 Å². The molecule has 3 N–H and O–H groups in total. The Hall–Kier alpha value is -2.31. The van der Waals surface area contributed by atoms with Crippen LogP contribution in [-0.2, 0) is 4.79 Å². The van der Waals surface area contributed by atoms with Gasteiger partial charge in [-0.2, -0.15) is 0 Å². The molecule has 24 heavy (non-hydrogen) atoms. The van der Waals surface area contributed by atoms with E-state index in [0.717, 1.165) is 17.0 Å². The van der Waals surface area contributed by atoms with Crippen LogP contribution in [0.3, 0.4) is 0 Å². The minimum atomic E-state index is -0.220. The first-order valence-electron chi connectivity index (χ1n) is 7.34. The lowest BCUT2D eigenvalue weighted by Crippen LogP contribution is -2.44. The smallest absolute Gasteiger partial charge is 0.241 e. The van der Waals surface area contributed by atoms with Gasteiger partial charge in [0, 0.05) is 10.7 Å². The van der Waals surface area contributed by atoms with Gasteiger partial charge in [0.1, 0.15) is 5.75 Å². The van der Waals surface area contributed by atoms with Crippen molar-refractivity contribution >= 4 is 40.5 Å². The molecule has 2 aromatic carbocycles. The van der Waals surface area contributed by atoms with Crippen LogP contribution in [0.2, 0.25) is 5.02 Å². The zero-order valence-corrected chi connectivity index (χ0v) is 14.7. The molecular weight excluding hydrogens is 346 g/mol. The molecule has 0 unspecified atom stereocenters. The Morgan fingerprint density at radius 3 is 2.42 bits per heavy atom. The van der Waals surface area contributed by atoms with E-state index in [1.165, 1.54) is 0 Å². The van der Waals surface area contributed by atoms with Crippen LogP contribution in [0.4, 0.5) is 5.69 Å². The number of ether oxygens (including phenoxy) is 1. The third-order valence-electron chi connectivity index (χ3n) is 3.04. The Balaban J connectivity index is 1.64. The van der Waals surface area contributed by atoms with E-state index in [0.29, 0.717) is 5.02 Å². The number of hydrazine groups is 1. The van der Waals surface area contributed by atoms with Crippen molar-refractivity contribution in [1.29, 1.82) is 0 Å². The first-order valence-corrected chi connectivity index (χ1v) is 8.12. The molecule has 5 nitrogen and oxygen atoms in total. The van der Waals surface area contributed by atoms with Crippen molar-refractivity contribution < 1.29 is 9.53 Å². The molecule has 126 valence electrons. The molecule has 0 atom stereocenters. The van der Waals surface area contributed by atoms with Crippen LogP contribution in [0.15, 0.2) is 48.5 Å². The molecule has 0 aliphatic carbocycles. The zero-order chi connectivity index (χ0) is 17.4. The van der Waals surface area contributed by atoms with Crippen LogP contribution >= 0.6 is 23.8 Å². The number of aryl methyl sites for hydroxylation is 1. The number of hydrogen-bond donors (Lipinski definition) is 3. The summed E-state index contributed by atoms with van der Waals surface area (Å²) in [5.41, 5.74) is 7.08. The molecule has 2 rings (SSSR count).